The summed E-state index contributed by atoms with van der Waals surface area (Å²) in [6.45, 7) is 7.47. The van der Waals surface area contributed by atoms with Crippen molar-refractivity contribution in [3.8, 4) is 0 Å². The highest BCUT2D eigenvalue weighted by molar-refractivity contribution is 7.15. The number of carbonyl (C=O) groups excluding carboxylic acids is 1. The number of imidazole rings is 1. The molecule has 0 bridgehead atoms. The van der Waals surface area contributed by atoms with E-state index < -0.39 is 0 Å². The number of hydrogen-bond donors (Lipinski definition) is 1. The molecule has 2 atom stereocenters. The van der Waals surface area contributed by atoms with Crippen molar-refractivity contribution in [3.63, 3.8) is 0 Å². The maximum atomic E-state index is 13.3. The summed E-state index contributed by atoms with van der Waals surface area (Å²) in [6.07, 6.45) is 4.19. The number of morpholine rings is 1. The number of carbonyl (C=O) groups is 1. The fourth-order valence-electron chi connectivity index (χ4n) is 4.41. The van der Waals surface area contributed by atoms with Crippen molar-refractivity contribution in [1.29, 1.82) is 0 Å². The van der Waals surface area contributed by atoms with Crippen LogP contribution in [0.3, 0.4) is 0 Å². The van der Waals surface area contributed by atoms with Crippen molar-refractivity contribution < 1.29 is 9.53 Å². The number of para-hydroxylation sites is 1. The highest BCUT2D eigenvalue weighted by atomic mass is 32.1. The molecule has 31 heavy (non-hydrogen) atoms. The normalized spacial score (nSPS) is 19.5. The largest absolute Gasteiger partial charge is 0.372 e. The van der Waals surface area contributed by atoms with Crippen molar-refractivity contribution in [1.82, 2.24) is 24.2 Å². The van der Waals surface area contributed by atoms with Crippen molar-refractivity contribution in [2.45, 2.75) is 39.1 Å². The van der Waals surface area contributed by atoms with Crippen molar-refractivity contribution in [3.05, 3.63) is 59.5 Å². The monoisotopic (exact) mass is 437 g/mol. The number of benzene rings is 1. The number of fused-ring (bicyclic) bond motifs is 2. The van der Waals surface area contributed by atoms with Gasteiger partial charge >= 0.3 is 0 Å². The second-order valence-electron chi connectivity index (χ2n) is 8.17. The van der Waals surface area contributed by atoms with Gasteiger partial charge in [-0.2, -0.15) is 0 Å². The number of nitrogens with one attached hydrogen (secondary N) is 1. The van der Waals surface area contributed by atoms with Crippen LogP contribution < -0.4 is 5.32 Å². The zero-order valence-corrected chi connectivity index (χ0v) is 18.6. The van der Waals surface area contributed by atoms with Gasteiger partial charge in [-0.25, -0.2) is 4.98 Å². The molecule has 0 radical (unpaired) electrons. The Morgan fingerprint density at radius 2 is 2.00 bits per heavy atom. The molecule has 4 aromatic rings. The zero-order chi connectivity index (χ0) is 21.4. The fraction of sp³-hybridized carbons (Fsp3) is 0.391. The Bertz CT molecular complexity index is 1200. The van der Waals surface area contributed by atoms with Crippen molar-refractivity contribution in [2.75, 3.05) is 19.6 Å². The Kier molecular flexibility index (Phi) is 5.52. The smallest absolute Gasteiger partial charge is 0.274 e. The van der Waals surface area contributed by atoms with E-state index in [1.165, 1.54) is 10.9 Å². The van der Waals surface area contributed by atoms with Gasteiger partial charge in [-0.1, -0.05) is 18.2 Å². The van der Waals surface area contributed by atoms with Gasteiger partial charge in [0.2, 0.25) is 0 Å². The third-order valence-electron chi connectivity index (χ3n) is 5.77. The van der Waals surface area contributed by atoms with Gasteiger partial charge in [0.05, 0.1) is 17.9 Å². The summed E-state index contributed by atoms with van der Waals surface area (Å²) in [5, 5.41) is 6.77. The summed E-state index contributed by atoms with van der Waals surface area (Å²) in [5.74, 6) is -0.00824. The van der Waals surface area contributed by atoms with E-state index in [9.17, 15) is 4.79 Å². The van der Waals surface area contributed by atoms with Crippen LogP contribution in [0.4, 0.5) is 0 Å². The summed E-state index contributed by atoms with van der Waals surface area (Å²) < 4.78 is 10.1. The van der Waals surface area contributed by atoms with E-state index in [1.807, 2.05) is 34.7 Å². The molecule has 0 unspecified atom stereocenters. The molecule has 0 saturated carbocycles. The maximum absolute atomic E-state index is 13.3. The number of rotatable bonds is 6. The lowest BCUT2D eigenvalue weighted by Crippen LogP contribution is -2.48. The summed E-state index contributed by atoms with van der Waals surface area (Å²) >= 11 is 1.55. The van der Waals surface area contributed by atoms with Gasteiger partial charge in [-0.3, -0.25) is 9.20 Å². The first kappa shape index (κ1) is 20.2. The summed E-state index contributed by atoms with van der Waals surface area (Å²) in [7, 11) is 0. The van der Waals surface area contributed by atoms with Crippen LogP contribution >= 0.6 is 11.3 Å². The molecule has 4 heterocycles. The van der Waals surface area contributed by atoms with E-state index in [1.54, 1.807) is 11.3 Å². The minimum absolute atomic E-state index is 0.00824. The molecule has 8 heteroatoms. The van der Waals surface area contributed by atoms with Crippen LogP contribution in [-0.2, 0) is 17.8 Å². The predicted octanol–water partition coefficient (Wildman–Crippen LogP) is 3.39. The predicted molar refractivity (Wildman–Crippen MR) is 123 cm³/mol. The summed E-state index contributed by atoms with van der Waals surface area (Å²) in [4.78, 5) is 20.7. The molecule has 1 aromatic carbocycles. The molecule has 1 N–H and O–H groups in total. The van der Waals surface area contributed by atoms with E-state index in [0.29, 0.717) is 25.3 Å². The molecule has 3 aromatic heterocycles. The van der Waals surface area contributed by atoms with Crippen LogP contribution in [0.15, 0.2) is 48.1 Å². The minimum atomic E-state index is -0.00824. The Balaban J connectivity index is 1.30. The molecule has 162 valence electrons. The molecular weight excluding hydrogens is 410 g/mol. The zero-order valence-electron chi connectivity index (χ0n) is 17.8. The van der Waals surface area contributed by atoms with Crippen LogP contribution in [0.5, 0.6) is 0 Å². The average Bonchev–Trinajstić information content (AvgIpc) is 3.45. The van der Waals surface area contributed by atoms with Crippen LogP contribution in [0, 0.1) is 0 Å². The van der Waals surface area contributed by atoms with E-state index in [2.05, 4.69) is 51.4 Å². The molecule has 5 rings (SSSR count). The lowest BCUT2D eigenvalue weighted by atomic mass is 10.2. The van der Waals surface area contributed by atoms with Crippen LogP contribution in [0.1, 0.15) is 30.0 Å². The first-order valence-corrected chi connectivity index (χ1v) is 11.6. The fourth-order valence-corrected chi connectivity index (χ4v) is 5.14. The Morgan fingerprint density at radius 1 is 1.19 bits per heavy atom. The second kappa shape index (κ2) is 8.45. The highest BCUT2D eigenvalue weighted by Crippen LogP contribution is 2.21. The molecule has 1 amide bonds. The van der Waals surface area contributed by atoms with E-state index in [0.717, 1.165) is 23.7 Å². The Labute approximate surface area is 185 Å². The number of ether oxygens (including phenoxy) is 1. The highest BCUT2D eigenvalue weighted by Gasteiger charge is 2.30. The molecule has 0 spiro atoms. The van der Waals surface area contributed by atoms with Gasteiger partial charge in [0.25, 0.3) is 5.91 Å². The van der Waals surface area contributed by atoms with Gasteiger partial charge in [0, 0.05) is 56.0 Å². The minimum Gasteiger partial charge on any atom is -0.372 e. The van der Waals surface area contributed by atoms with Crippen LogP contribution in [0.25, 0.3) is 15.9 Å². The van der Waals surface area contributed by atoms with Crippen LogP contribution in [0.2, 0.25) is 0 Å². The van der Waals surface area contributed by atoms with E-state index in [-0.39, 0.29) is 18.1 Å². The van der Waals surface area contributed by atoms with Gasteiger partial charge in [-0.05, 0) is 31.4 Å². The number of thiazole rings is 1. The number of hydrogen-bond acceptors (Lipinski definition) is 5. The molecular formula is C23H27N5O2S. The van der Waals surface area contributed by atoms with Crippen molar-refractivity contribution in [2.24, 2.45) is 0 Å². The SMILES string of the molecule is C[C@@H]1CN(C(=O)c2nc3sccn3c2CNCCn2ccc3ccccc32)C[C@H](C)O1. The molecule has 0 aliphatic carbocycles. The lowest BCUT2D eigenvalue weighted by Gasteiger charge is -2.35. The number of amides is 1. The quantitative estimate of drug-likeness (QED) is 0.470. The van der Waals surface area contributed by atoms with E-state index >= 15 is 0 Å². The molecule has 7 nitrogen and oxygen atoms in total. The van der Waals surface area contributed by atoms with Gasteiger partial charge < -0.3 is 19.5 Å². The van der Waals surface area contributed by atoms with Crippen LogP contribution in [-0.4, -0.2) is 56.6 Å². The Hall–Kier alpha value is -2.68. The summed E-state index contributed by atoms with van der Waals surface area (Å²) in [6, 6.07) is 10.5. The van der Waals surface area contributed by atoms with Crippen molar-refractivity contribution >= 4 is 33.1 Å². The van der Waals surface area contributed by atoms with Gasteiger partial charge in [0.15, 0.2) is 10.7 Å². The third-order valence-corrected chi connectivity index (χ3v) is 6.53. The first-order valence-electron chi connectivity index (χ1n) is 10.7. The molecule has 1 aliphatic rings. The second-order valence-corrected chi connectivity index (χ2v) is 9.05. The van der Waals surface area contributed by atoms with Gasteiger partial charge in [-0.15, -0.1) is 11.3 Å². The standard InChI is InChI=1S/C23H27N5O2S/c1-16-14-27(15-17(2)30-16)22(29)21-20(28-11-12-31-23(28)25-21)13-24-8-10-26-9-7-18-5-3-4-6-19(18)26/h3-7,9,11-12,16-17,24H,8,10,13-15H2,1-2H3/t16-,17+. The molecule has 1 fully saturated rings. The lowest BCUT2D eigenvalue weighted by molar-refractivity contribution is -0.0587. The first-order chi connectivity index (χ1) is 15.1. The maximum Gasteiger partial charge on any atom is 0.274 e. The molecule has 1 saturated heterocycles. The van der Waals surface area contributed by atoms with Gasteiger partial charge in [0.1, 0.15) is 0 Å². The third kappa shape index (κ3) is 3.98. The number of aromatic nitrogens is 3. The topological polar surface area (TPSA) is 63.8 Å². The van der Waals surface area contributed by atoms with E-state index in [4.69, 9.17) is 4.74 Å². The summed E-state index contributed by atoms with van der Waals surface area (Å²) in [5.41, 5.74) is 2.71. The Morgan fingerprint density at radius 3 is 2.84 bits per heavy atom. The average molecular weight is 438 g/mol. The number of nitrogens with zero attached hydrogens (tertiary/aromatic N) is 4. The molecule has 1 aliphatic heterocycles.